The molecule has 0 aliphatic heterocycles. The highest BCUT2D eigenvalue weighted by molar-refractivity contribution is 5.69. The summed E-state index contributed by atoms with van der Waals surface area (Å²) >= 11 is 0. The van der Waals surface area contributed by atoms with Crippen LogP contribution in [0.5, 0.6) is 0 Å². The second-order valence-electron chi connectivity index (χ2n) is 4.41. The Labute approximate surface area is 96.3 Å². The van der Waals surface area contributed by atoms with Crippen LogP contribution < -0.4 is 0 Å². The average Bonchev–Trinajstić information content (AvgIpc) is 2.58. The van der Waals surface area contributed by atoms with E-state index in [1.807, 2.05) is 18.7 Å². The van der Waals surface area contributed by atoms with E-state index < -0.39 is 5.97 Å². The second kappa shape index (κ2) is 5.14. The van der Waals surface area contributed by atoms with E-state index in [9.17, 15) is 4.79 Å². The Hall–Kier alpha value is -1.32. The second-order valence-corrected chi connectivity index (χ2v) is 4.41. The Morgan fingerprint density at radius 1 is 1.56 bits per heavy atom. The number of hydrogen-bond acceptors (Lipinski definition) is 2. The van der Waals surface area contributed by atoms with E-state index in [1.165, 1.54) is 0 Å². The van der Waals surface area contributed by atoms with E-state index in [-0.39, 0.29) is 11.8 Å². The molecule has 0 aliphatic rings. The maximum Gasteiger partial charge on any atom is 0.306 e. The van der Waals surface area contributed by atoms with Gasteiger partial charge in [0.2, 0.25) is 0 Å². The lowest BCUT2D eigenvalue weighted by molar-refractivity contribution is -0.142. The molecule has 0 aromatic carbocycles. The van der Waals surface area contributed by atoms with Crippen molar-refractivity contribution in [3.8, 4) is 0 Å². The molecular weight excluding hydrogens is 204 g/mol. The zero-order chi connectivity index (χ0) is 12.3. The Morgan fingerprint density at radius 3 is 2.62 bits per heavy atom. The van der Waals surface area contributed by atoms with Crippen LogP contribution in [-0.2, 0) is 24.7 Å². The predicted octanol–water partition coefficient (Wildman–Crippen LogP) is 1.88. The van der Waals surface area contributed by atoms with Crippen LogP contribution in [0.3, 0.4) is 0 Å². The van der Waals surface area contributed by atoms with E-state index in [0.29, 0.717) is 0 Å². The molecule has 1 aromatic rings. The van der Waals surface area contributed by atoms with Crippen LogP contribution in [-0.4, -0.2) is 20.9 Å². The van der Waals surface area contributed by atoms with E-state index >= 15 is 0 Å². The van der Waals surface area contributed by atoms with Crippen molar-refractivity contribution >= 4 is 5.97 Å². The lowest BCUT2D eigenvalue weighted by Gasteiger charge is -2.15. The van der Waals surface area contributed by atoms with Crippen molar-refractivity contribution in [2.45, 2.75) is 33.6 Å². The van der Waals surface area contributed by atoms with Crippen LogP contribution in [0.4, 0.5) is 0 Å². The first kappa shape index (κ1) is 12.7. The number of aliphatic carboxylic acids is 1. The molecule has 1 aromatic heterocycles. The highest BCUT2D eigenvalue weighted by atomic mass is 16.4. The summed E-state index contributed by atoms with van der Waals surface area (Å²) in [6.07, 6.45) is 1.67. The average molecular weight is 224 g/mol. The SMILES string of the molecule is CCc1cc(CC(C)C(C)C(=O)O)n(C)n1. The molecule has 0 fully saturated rings. The van der Waals surface area contributed by atoms with Crippen LogP contribution in [0.1, 0.15) is 32.2 Å². The third-order valence-electron chi connectivity index (χ3n) is 3.16. The maximum absolute atomic E-state index is 10.9. The first-order chi connectivity index (χ1) is 7.45. The molecule has 0 saturated carbocycles. The van der Waals surface area contributed by atoms with Crippen molar-refractivity contribution in [1.82, 2.24) is 9.78 Å². The van der Waals surface area contributed by atoms with Gasteiger partial charge in [0.25, 0.3) is 0 Å². The molecule has 2 atom stereocenters. The highest BCUT2D eigenvalue weighted by Crippen LogP contribution is 2.17. The number of carboxylic acids is 1. The van der Waals surface area contributed by atoms with Gasteiger partial charge >= 0.3 is 5.97 Å². The van der Waals surface area contributed by atoms with Gasteiger partial charge < -0.3 is 5.11 Å². The summed E-state index contributed by atoms with van der Waals surface area (Å²) in [5.74, 6) is -0.928. The number of aromatic nitrogens is 2. The minimum Gasteiger partial charge on any atom is -0.481 e. The number of aryl methyl sites for hydroxylation is 2. The molecule has 2 unspecified atom stereocenters. The molecule has 0 radical (unpaired) electrons. The molecule has 0 amide bonds. The van der Waals surface area contributed by atoms with E-state index in [1.54, 1.807) is 6.92 Å². The minimum atomic E-state index is -0.731. The minimum absolute atomic E-state index is 0.123. The number of carboxylic acid groups (broad SMARTS) is 1. The van der Waals surface area contributed by atoms with Crippen LogP contribution in [0.2, 0.25) is 0 Å². The number of hydrogen-bond donors (Lipinski definition) is 1. The van der Waals surface area contributed by atoms with Gasteiger partial charge in [-0.25, -0.2) is 0 Å². The Bertz CT molecular complexity index is 371. The van der Waals surface area contributed by atoms with Gasteiger partial charge in [0.05, 0.1) is 11.6 Å². The van der Waals surface area contributed by atoms with Gasteiger partial charge in [-0.05, 0) is 24.8 Å². The highest BCUT2D eigenvalue weighted by Gasteiger charge is 2.20. The molecule has 1 N–H and O–H groups in total. The first-order valence-corrected chi connectivity index (χ1v) is 5.70. The maximum atomic E-state index is 10.9. The zero-order valence-corrected chi connectivity index (χ0v) is 10.4. The van der Waals surface area contributed by atoms with Crippen LogP contribution in [0, 0.1) is 11.8 Å². The lowest BCUT2D eigenvalue weighted by Crippen LogP contribution is -2.20. The summed E-state index contributed by atoms with van der Waals surface area (Å²) in [5, 5.41) is 13.3. The molecule has 1 heterocycles. The van der Waals surface area contributed by atoms with E-state index in [0.717, 1.165) is 24.2 Å². The molecule has 16 heavy (non-hydrogen) atoms. The fourth-order valence-corrected chi connectivity index (χ4v) is 1.69. The predicted molar refractivity (Wildman–Crippen MR) is 62.3 cm³/mol. The molecule has 4 heteroatoms. The van der Waals surface area contributed by atoms with Crippen molar-refractivity contribution in [2.75, 3.05) is 0 Å². The van der Waals surface area contributed by atoms with Gasteiger partial charge in [-0.15, -0.1) is 0 Å². The standard InChI is InChI=1S/C12H20N2O2/c1-5-10-7-11(14(4)13-10)6-8(2)9(3)12(15)16/h7-9H,5-6H2,1-4H3,(H,15,16). The topological polar surface area (TPSA) is 55.1 Å². The molecule has 90 valence electrons. The van der Waals surface area contributed by atoms with Crippen LogP contribution >= 0.6 is 0 Å². The molecule has 0 bridgehead atoms. The monoisotopic (exact) mass is 224 g/mol. The fourth-order valence-electron chi connectivity index (χ4n) is 1.69. The Balaban J connectivity index is 2.72. The largest absolute Gasteiger partial charge is 0.481 e. The number of rotatable bonds is 5. The van der Waals surface area contributed by atoms with Crippen LogP contribution in [0.25, 0.3) is 0 Å². The summed E-state index contributed by atoms with van der Waals surface area (Å²) in [7, 11) is 1.91. The summed E-state index contributed by atoms with van der Waals surface area (Å²) in [5.41, 5.74) is 2.17. The van der Waals surface area contributed by atoms with Gasteiger partial charge in [0, 0.05) is 12.7 Å². The number of nitrogens with zero attached hydrogens (tertiary/aromatic N) is 2. The smallest absolute Gasteiger partial charge is 0.306 e. The zero-order valence-electron chi connectivity index (χ0n) is 10.4. The quantitative estimate of drug-likeness (QED) is 0.830. The molecular formula is C12H20N2O2. The summed E-state index contributed by atoms with van der Waals surface area (Å²) in [6.45, 7) is 5.79. The van der Waals surface area contributed by atoms with E-state index in [2.05, 4.69) is 18.1 Å². The third kappa shape index (κ3) is 2.84. The molecule has 0 aliphatic carbocycles. The summed E-state index contributed by atoms with van der Waals surface area (Å²) < 4.78 is 1.85. The van der Waals surface area contributed by atoms with Crippen molar-refractivity contribution in [3.05, 3.63) is 17.5 Å². The summed E-state index contributed by atoms with van der Waals surface area (Å²) in [4.78, 5) is 10.9. The van der Waals surface area contributed by atoms with Gasteiger partial charge in [0.15, 0.2) is 0 Å². The molecule has 1 rings (SSSR count). The Kier molecular flexibility index (Phi) is 4.10. The lowest BCUT2D eigenvalue weighted by atomic mass is 9.91. The van der Waals surface area contributed by atoms with E-state index in [4.69, 9.17) is 5.11 Å². The van der Waals surface area contributed by atoms with Crippen molar-refractivity contribution in [2.24, 2.45) is 18.9 Å². The summed E-state index contributed by atoms with van der Waals surface area (Å²) in [6, 6.07) is 2.06. The van der Waals surface area contributed by atoms with Crippen molar-refractivity contribution < 1.29 is 9.90 Å². The van der Waals surface area contributed by atoms with Crippen molar-refractivity contribution in [1.29, 1.82) is 0 Å². The number of carbonyl (C=O) groups is 1. The Morgan fingerprint density at radius 2 is 2.19 bits per heavy atom. The van der Waals surface area contributed by atoms with Crippen LogP contribution in [0.15, 0.2) is 6.07 Å². The fraction of sp³-hybridized carbons (Fsp3) is 0.667. The first-order valence-electron chi connectivity index (χ1n) is 5.70. The van der Waals surface area contributed by atoms with Gasteiger partial charge in [-0.1, -0.05) is 20.8 Å². The normalized spacial score (nSPS) is 14.8. The van der Waals surface area contributed by atoms with Crippen molar-refractivity contribution in [3.63, 3.8) is 0 Å². The third-order valence-corrected chi connectivity index (χ3v) is 3.16. The molecule has 0 spiro atoms. The molecule has 0 saturated heterocycles. The van der Waals surface area contributed by atoms with Gasteiger partial charge in [-0.2, -0.15) is 5.10 Å². The van der Waals surface area contributed by atoms with Gasteiger partial charge in [-0.3, -0.25) is 9.48 Å². The van der Waals surface area contributed by atoms with Gasteiger partial charge in [0.1, 0.15) is 0 Å². The molecule has 4 nitrogen and oxygen atoms in total.